The summed E-state index contributed by atoms with van der Waals surface area (Å²) in [5, 5.41) is 0. The molecule has 0 N–H and O–H groups in total. The Balaban J connectivity index is 2.42. The van der Waals surface area contributed by atoms with E-state index in [1.807, 2.05) is 0 Å². The summed E-state index contributed by atoms with van der Waals surface area (Å²) in [6.07, 6.45) is 2.60. The molecule has 2 nitrogen and oxygen atoms in total. The van der Waals surface area contributed by atoms with Crippen molar-refractivity contribution in [2.24, 2.45) is 5.92 Å². The first-order valence-electron chi connectivity index (χ1n) is 6.63. The van der Waals surface area contributed by atoms with Gasteiger partial charge in [0.1, 0.15) is 0 Å². The molecule has 0 aromatic rings. The standard InChI is InChI=1S/C13H28N2S/c1-5-6-13(10-16)9-15-7-11(2)14(4)12(3)8-15/h11-13,16H,5-10H2,1-4H3. The van der Waals surface area contributed by atoms with E-state index in [9.17, 15) is 0 Å². The third-order valence-corrected chi connectivity index (χ3v) is 4.42. The maximum Gasteiger partial charge on any atom is 0.0195 e. The van der Waals surface area contributed by atoms with Crippen molar-refractivity contribution in [2.75, 3.05) is 32.4 Å². The first-order chi connectivity index (χ1) is 7.58. The maximum absolute atomic E-state index is 4.47. The Kier molecular flexibility index (Phi) is 6.16. The fourth-order valence-corrected chi connectivity index (χ4v) is 2.97. The van der Waals surface area contributed by atoms with Gasteiger partial charge >= 0.3 is 0 Å². The number of hydrogen-bond acceptors (Lipinski definition) is 3. The molecule has 0 radical (unpaired) electrons. The molecule has 96 valence electrons. The lowest BCUT2D eigenvalue weighted by molar-refractivity contribution is 0.0518. The Morgan fingerprint density at radius 2 is 1.81 bits per heavy atom. The highest BCUT2D eigenvalue weighted by atomic mass is 32.1. The normalized spacial score (nSPS) is 30.6. The molecule has 0 aliphatic carbocycles. The summed E-state index contributed by atoms with van der Waals surface area (Å²) in [7, 11) is 2.24. The molecule has 1 rings (SSSR count). The molecule has 0 bridgehead atoms. The molecule has 3 unspecified atom stereocenters. The smallest absolute Gasteiger partial charge is 0.0195 e. The second-order valence-electron chi connectivity index (χ2n) is 5.42. The lowest BCUT2D eigenvalue weighted by Gasteiger charge is -2.43. The Bertz CT molecular complexity index is 186. The molecule has 0 spiro atoms. The summed E-state index contributed by atoms with van der Waals surface area (Å²) in [5.74, 6) is 1.80. The van der Waals surface area contributed by atoms with Crippen molar-refractivity contribution < 1.29 is 0 Å². The van der Waals surface area contributed by atoms with Crippen LogP contribution < -0.4 is 0 Å². The van der Waals surface area contributed by atoms with E-state index in [4.69, 9.17) is 0 Å². The molecule has 0 aromatic heterocycles. The average Bonchev–Trinajstić information content (AvgIpc) is 2.25. The van der Waals surface area contributed by atoms with Gasteiger partial charge in [-0.25, -0.2) is 0 Å². The Hall–Kier alpha value is 0.270. The Morgan fingerprint density at radius 3 is 2.25 bits per heavy atom. The van der Waals surface area contributed by atoms with Crippen LogP contribution in [0.15, 0.2) is 0 Å². The molecule has 16 heavy (non-hydrogen) atoms. The van der Waals surface area contributed by atoms with Crippen LogP contribution in [-0.2, 0) is 0 Å². The minimum atomic E-state index is 0.686. The van der Waals surface area contributed by atoms with Gasteiger partial charge in [0.15, 0.2) is 0 Å². The maximum atomic E-state index is 4.47. The van der Waals surface area contributed by atoms with Crippen LogP contribution in [0.1, 0.15) is 33.6 Å². The third-order valence-electron chi connectivity index (χ3n) is 3.91. The van der Waals surface area contributed by atoms with E-state index in [1.165, 1.54) is 32.5 Å². The van der Waals surface area contributed by atoms with Crippen molar-refractivity contribution in [3.63, 3.8) is 0 Å². The molecule has 3 atom stereocenters. The molecule has 0 aromatic carbocycles. The second kappa shape index (κ2) is 6.87. The zero-order valence-electron chi connectivity index (χ0n) is 11.3. The largest absolute Gasteiger partial charge is 0.300 e. The third kappa shape index (κ3) is 3.94. The highest BCUT2D eigenvalue weighted by Crippen LogP contribution is 2.17. The fraction of sp³-hybridized carbons (Fsp3) is 1.00. The number of likely N-dealkylation sites (N-methyl/N-ethyl adjacent to an activating group) is 1. The van der Waals surface area contributed by atoms with E-state index in [0.717, 1.165) is 11.7 Å². The van der Waals surface area contributed by atoms with Crippen LogP contribution in [0.5, 0.6) is 0 Å². The molecule has 3 heteroatoms. The van der Waals surface area contributed by atoms with Crippen LogP contribution in [0.3, 0.4) is 0 Å². The topological polar surface area (TPSA) is 6.48 Å². The predicted molar refractivity (Wildman–Crippen MR) is 75.4 cm³/mol. The zero-order chi connectivity index (χ0) is 12.1. The number of piperazine rings is 1. The van der Waals surface area contributed by atoms with Crippen molar-refractivity contribution in [3.05, 3.63) is 0 Å². The lowest BCUT2D eigenvalue weighted by atomic mass is 10.0. The Morgan fingerprint density at radius 1 is 1.25 bits per heavy atom. The summed E-state index contributed by atoms with van der Waals surface area (Å²) in [6.45, 7) is 10.6. The van der Waals surface area contributed by atoms with Crippen molar-refractivity contribution >= 4 is 12.6 Å². The number of rotatable bonds is 5. The molecule has 1 aliphatic rings. The molecule has 0 saturated carbocycles. The number of hydrogen-bond donors (Lipinski definition) is 1. The summed E-state index contributed by atoms with van der Waals surface area (Å²) >= 11 is 4.47. The first kappa shape index (κ1) is 14.3. The van der Waals surface area contributed by atoms with E-state index in [0.29, 0.717) is 12.1 Å². The van der Waals surface area contributed by atoms with Crippen molar-refractivity contribution in [2.45, 2.75) is 45.7 Å². The van der Waals surface area contributed by atoms with Gasteiger partial charge in [-0.15, -0.1) is 0 Å². The summed E-state index contributed by atoms with van der Waals surface area (Å²) in [5.41, 5.74) is 0. The fourth-order valence-electron chi connectivity index (χ4n) is 2.68. The van der Waals surface area contributed by atoms with Crippen LogP contribution in [0.2, 0.25) is 0 Å². The van der Waals surface area contributed by atoms with Gasteiger partial charge in [-0.1, -0.05) is 13.3 Å². The predicted octanol–water partition coefficient (Wildman–Crippen LogP) is 2.36. The quantitative estimate of drug-likeness (QED) is 0.742. The molecular formula is C13H28N2S. The van der Waals surface area contributed by atoms with Gasteiger partial charge in [-0.05, 0) is 39.0 Å². The van der Waals surface area contributed by atoms with Crippen molar-refractivity contribution in [1.82, 2.24) is 9.80 Å². The van der Waals surface area contributed by atoms with Crippen molar-refractivity contribution in [1.29, 1.82) is 0 Å². The van der Waals surface area contributed by atoms with Gasteiger partial charge in [-0.2, -0.15) is 12.6 Å². The highest BCUT2D eigenvalue weighted by Gasteiger charge is 2.27. The van der Waals surface area contributed by atoms with E-state index in [-0.39, 0.29) is 0 Å². The van der Waals surface area contributed by atoms with Gasteiger partial charge in [0.05, 0.1) is 0 Å². The SMILES string of the molecule is CCCC(CS)CN1CC(C)N(C)C(C)C1. The molecular weight excluding hydrogens is 216 g/mol. The minimum Gasteiger partial charge on any atom is -0.300 e. The van der Waals surface area contributed by atoms with Gasteiger partial charge in [0.2, 0.25) is 0 Å². The highest BCUT2D eigenvalue weighted by molar-refractivity contribution is 7.80. The van der Waals surface area contributed by atoms with E-state index in [1.54, 1.807) is 0 Å². The Labute approximate surface area is 107 Å². The zero-order valence-corrected chi connectivity index (χ0v) is 12.2. The number of nitrogens with zero attached hydrogens (tertiary/aromatic N) is 2. The molecule has 1 fully saturated rings. The minimum absolute atomic E-state index is 0.686. The average molecular weight is 244 g/mol. The van der Waals surface area contributed by atoms with Crippen LogP contribution >= 0.6 is 12.6 Å². The van der Waals surface area contributed by atoms with Gasteiger partial charge in [0, 0.05) is 31.7 Å². The van der Waals surface area contributed by atoms with E-state index < -0.39 is 0 Å². The molecule has 1 saturated heterocycles. The summed E-state index contributed by atoms with van der Waals surface area (Å²) < 4.78 is 0. The summed E-state index contributed by atoms with van der Waals surface area (Å²) in [4.78, 5) is 5.12. The van der Waals surface area contributed by atoms with Crippen LogP contribution in [0.4, 0.5) is 0 Å². The van der Waals surface area contributed by atoms with Crippen LogP contribution in [0, 0.1) is 5.92 Å². The van der Waals surface area contributed by atoms with Crippen molar-refractivity contribution in [3.8, 4) is 0 Å². The first-order valence-corrected chi connectivity index (χ1v) is 7.26. The monoisotopic (exact) mass is 244 g/mol. The van der Waals surface area contributed by atoms with Gasteiger partial charge < -0.3 is 0 Å². The van der Waals surface area contributed by atoms with Gasteiger partial charge in [0.25, 0.3) is 0 Å². The second-order valence-corrected chi connectivity index (χ2v) is 5.78. The molecule has 0 amide bonds. The molecule has 1 aliphatic heterocycles. The van der Waals surface area contributed by atoms with E-state index in [2.05, 4.69) is 50.2 Å². The van der Waals surface area contributed by atoms with E-state index >= 15 is 0 Å². The van der Waals surface area contributed by atoms with Gasteiger partial charge in [-0.3, -0.25) is 9.80 Å². The van der Waals surface area contributed by atoms with Crippen LogP contribution in [-0.4, -0.2) is 54.3 Å². The lowest BCUT2D eigenvalue weighted by Crippen LogP contribution is -2.55. The number of thiol groups is 1. The molecule has 1 heterocycles. The van der Waals surface area contributed by atoms with Crippen LogP contribution in [0.25, 0.3) is 0 Å². The summed E-state index contributed by atoms with van der Waals surface area (Å²) in [6, 6.07) is 1.37.